The molecule has 4 atom stereocenters. The summed E-state index contributed by atoms with van der Waals surface area (Å²) in [6.45, 7) is 1.94. The highest BCUT2D eigenvalue weighted by Crippen LogP contribution is 2.39. The second-order valence-corrected chi connectivity index (χ2v) is 3.72. The van der Waals surface area contributed by atoms with E-state index < -0.39 is 0 Å². The van der Waals surface area contributed by atoms with Gasteiger partial charge in [-0.25, -0.2) is 0 Å². The molecule has 0 aromatic rings. The lowest BCUT2D eigenvalue weighted by Gasteiger charge is -2.22. The third-order valence-corrected chi connectivity index (χ3v) is 3.02. The SMILES string of the molecule is C[C@@H]1[C@H]2C(=O)NC=C[C@H]2C[C@@H]1O. The number of allylic oxidation sites excluding steroid dienone is 1. The van der Waals surface area contributed by atoms with E-state index in [4.69, 9.17) is 0 Å². The van der Waals surface area contributed by atoms with Crippen LogP contribution in [0.5, 0.6) is 0 Å². The van der Waals surface area contributed by atoms with Gasteiger partial charge in [0.05, 0.1) is 6.10 Å². The molecule has 1 aliphatic carbocycles. The molecule has 0 radical (unpaired) electrons. The van der Waals surface area contributed by atoms with Gasteiger partial charge < -0.3 is 10.4 Å². The van der Waals surface area contributed by atoms with Crippen LogP contribution < -0.4 is 5.32 Å². The van der Waals surface area contributed by atoms with Crippen LogP contribution in [0.1, 0.15) is 13.3 Å². The van der Waals surface area contributed by atoms with Crippen LogP contribution in [-0.4, -0.2) is 17.1 Å². The molecule has 1 saturated carbocycles. The van der Waals surface area contributed by atoms with E-state index in [-0.39, 0.29) is 29.8 Å². The Morgan fingerprint density at radius 2 is 2.42 bits per heavy atom. The number of rotatable bonds is 0. The lowest BCUT2D eigenvalue weighted by Crippen LogP contribution is -2.36. The van der Waals surface area contributed by atoms with E-state index in [1.807, 2.05) is 13.0 Å². The van der Waals surface area contributed by atoms with Gasteiger partial charge in [-0.2, -0.15) is 0 Å². The predicted octanol–water partition coefficient (Wildman–Crippen LogP) is 0.263. The second-order valence-electron chi connectivity index (χ2n) is 3.72. The van der Waals surface area contributed by atoms with Crippen molar-refractivity contribution in [2.45, 2.75) is 19.4 Å². The zero-order valence-corrected chi connectivity index (χ0v) is 7.03. The molecule has 1 amide bonds. The summed E-state index contributed by atoms with van der Waals surface area (Å²) in [4.78, 5) is 11.4. The number of carbonyl (C=O) groups is 1. The lowest BCUT2D eigenvalue weighted by atomic mass is 9.88. The first kappa shape index (κ1) is 7.80. The van der Waals surface area contributed by atoms with Crippen molar-refractivity contribution < 1.29 is 9.90 Å². The molecule has 3 heteroatoms. The standard InChI is InChI=1S/C9H13NO2/c1-5-7(11)4-6-2-3-10-9(12)8(5)6/h2-3,5-8,11H,4H2,1H3,(H,10,12)/t5-,6-,7-,8+/m0/s1. The third kappa shape index (κ3) is 0.966. The van der Waals surface area contributed by atoms with Gasteiger partial charge in [0, 0.05) is 12.1 Å². The number of hydrogen-bond donors (Lipinski definition) is 2. The van der Waals surface area contributed by atoms with Crippen molar-refractivity contribution in [2.75, 3.05) is 0 Å². The smallest absolute Gasteiger partial charge is 0.227 e. The van der Waals surface area contributed by atoms with Crippen LogP contribution in [0.25, 0.3) is 0 Å². The van der Waals surface area contributed by atoms with Crippen LogP contribution in [0.2, 0.25) is 0 Å². The number of hydrogen-bond acceptors (Lipinski definition) is 2. The highest BCUT2D eigenvalue weighted by Gasteiger charge is 2.43. The van der Waals surface area contributed by atoms with Crippen molar-refractivity contribution in [3.05, 3.63) is 12.3 Å². The molecule has 3 nitrogen and oxygen atoms in total. The van der Waals surface area contributed by atoms with E-state index in [0.717, 1.165) is 6.42 Å². The van der Waals surface area contributed by atoms with Crippen molar-refractivity contribution in [1.82, 2.24) is 5.32 Å². The van der Waals surface area contributed by atoms with Crippen molar-refractivity contribution in [3.63, 3.8) is 0 Å². The molecule has 1 heterocycles. The van der Waals surface area contributed by atoms with E-state index in [0.29, 0.717) is 0 Å². The normalized spacial score (nSPS) is 45.7. The number of amides is 1. The molecule has 0 unspecified atom stereocenters. The summed E-state index contributed by atoms with van der Waals surface area (Å²) in [5, 5.41) is 12.2. The van der Waals surface area contributed by atoms with Gasteiger partial charge in [-0.1, -0.05) is 13.0 Å². The quantitative estimate of drug-likeness (QED) is 0.544. The number of aliphatic hydroxyl groups excluding tert-OH is 1. The molecule has 2 rings (SSSR count). The molecule has 0 spiro atoms. The molecule has 1 fully saturated rings. The van der Waals surface area contributed by atoms with E-state index in [9.17, 15) is 9.90 Å². The van der Waals surface area contributed by atoms with Crippen molar-refractivity contribution in [1.29, 1.82) is 0 Å². The first-order valence-electron chi connectivity index (χ1n) is 4.35. The largest absolute Gasteiger partial charge is 0.393 e. The van der Waals surface area contributed by atoms with E-state index in [1.165, 1.54) is 0 Å². The van der Waals surface area contributed by atoms with Crippen LogP contribution in [-0.2, 0) is 4.79 Å². The third-order valence-electron chi connectivity index (χ3n) is 3.02. The molecule has 12 heavy (non-hydrogen) atoms. The maximum atomic E-state index is 11.4. The molecule has 2 N–H and O–H groups in total. The minimum atomic E-state index is -0.312. The summed E-state index contributed by atoms with van der Waals surface area (Å²) in [7, 11) is 0. The molecule has 0 aromatic heterocycles. The average Bonchev–Trinajstić information content (AvgIpc) is 2.29. The van der Waals surface area contributed by atoms with Crippen LogP contribution in [0.15, 0.2) is 12.3 Å². The van der Waals surface area contributed by atoms with Crippen molar-refractivity contribution >= 4 is 5.91 Å². The van der Waals surface area contributed by atoms with Crippen LogP contribution in [0, 0.1) is 17.8 Å². The maximum Gasteiger partial charge on any atom is 0.227 e. The van der Waals surface area contributed by atoms with Crippen LogP contribution >= 0.6 is 0 Å². The Balaban J connectivity index is 2.26. The van der Waals surface area contributed by atoms with E-state index >= 15 is 0 Å². The van der Waals surface area contributed by atoms with Gasteiger partial charge in [0.1, 0.15) is 0 Å². The van der Waals surface area contributed by atoms with Gasteiger partial charge in [0.15, 0.2) is 0 Å². The summed E-state index contributed by atoms with van der Waals surface area (Å²) >= 11 is 0. The first-order chi connectivity index (χ1) is 5.70. The minimum Gasteiger partial charge on any atom is -0.393 e. The van der Waals surface area contributed by atoms with Crippen LogP contribution in [0.4, 0.5) is 0 Å². The van der Waals surface area contributed by atoms with Gasteiger partial charge in [-0.15, -0.1) is 0 Å². The fraction of sp³-hybridized carbons (Fsp3) is 0.667. The molecule has 2 aliphatic rings. The summed E-state index contributed by atoms with van der Waals surface area (Å²) in [6, 6.07) is 0. The Labute approximate surface area is 71.5 Å². The van der Waals surface area contributed by atoms with Gasteiger partial charge in [-0.05, 0) is 18.3 Å². The Morgan fingerprint density at radius 1 is 1.67 bits per heavy atom. The number of carbonyl (C=O) groups excluding carboxylic acids is 1. The van der Waals surface area contributed by atoms with Gasteiger partial charge in [-0.3, -0.25) is 4.79 Å². The summed E-state index contributed by atoms with van der Waals surface area (Å²) in [5.41, 5.74) is 0. The molecule has 0 bridgehead atoms. The number of fused-ring (bicyclic) bond motifs is 1. The lowest BCUT2D eigenvalue weighted by molar-refractivity contribution is -0.126. The molecule has 1 aliphatic heterocycles. The summed E-state index contributed by atoms with van der Waals surface area (Å²) in [6.07, 6.45) is 4.09. The number of nitrogens with one attached hydrogen (secondary N) is 1. The minimum absolute atomic E-state index is 0.00926. The number of aliphatic hydroxyl groups is 1. The summed E-state index contributed by atoms with van der Waals surface area (Å²) in [5.74, 6) is 0.403. The maximum absolute atomic E-state index is 11.4. The Kier molecular flexibility index (Phi) is 1.68. The Hall–Kier alpha value is -0.830. The Bertz CT molecular complexity index is 237. The van der Waals surface area contributed by atoms with Crippen molar-refractivity contribution in [2.24, 2.45) is 17.8 Å². The highest BCUT2D eigenvalue weighted by atomic mass is 16.3. The first-order valence-corrected chi connectivity index (χ1v) is 4.35. The highest BCUT2D eigenvalue weighted by molar-refractivity contribution is 5.82. The topological polar surface area (TPSA) is 49.3 Å². The average molecular weight is 167 g/mol. The molecule has 0 aromatic carbocycles. The van der Waals surface area contributed by atoms with Gasteiger partial charge >= 0.3 is 0 Å². The zero-order valence-electron chi connectivity index (χ0n) is 7.03. The van der Waals surface area contributed by atoms with Gasteiger partial charge in [0.25, 0.3) is 0 Å². The zero-order chi connectivity index (χ0) is 8.72. The van der Waals surface area contributed by atoms with E-state index in [1.54, 1.807) is 6.20 Å². The molecule has 66 valence electrons. The van der Waals surface area contributed by atoms with Crippen molar-refractivity contribution in [3.8, 4) is 0 Å². The fourth-order valence-electron chi connectivity index (χ4n) is 2.25. The fourth-order valence-corrected chi connectivity index (χ4v) is 2.25. The second kappa shape index (κ2) is 2.59. The van der Waals surface area contributed by atoms with Crippen LogP contribution in [0.3, 0.4) is 0 Å². The summed E-state index contributed by atoms with van der Waals surface area (Å²) < 4.78 is 0. The Morgan fingerprint density at radius 3 is 3.08 bits per heavy atom. The molecular weight excluding hydrogens is 154 g/mol. The molecule has 0 saturated heterocycles. The van der Waals surface area contributed by atoms with E-state index in [2.05, 4.69) is 5.32 Å². The monoisotopic (exact) mass is 167 g/mol. The predicted molar refractivity (Wildman–Crippen MR) is 44.1 cm³/mol. The molecular formula is C9H13NO2. The van der Waals surface area contributed by atoms with Gasteiger partial charge in [0.2, 0.25) is 5.91 Å².